The van der Waals surface area contributed by atoms with Crippen LogP contribution in [0.3, 0.4) is 0 Å². The van der Waals surface area contributed by atoms with E-state index in [1.807, 2.05) is 0 Å². The topological polar surface area (TPSA) is 49.3 Å². The van der Waals surface area contributed by atoms with E-state index in [9.17, 15) is 9.90 Å². The Kier molecular flexibility index (Phi) is 7.69. The lowest BCUT2D eigenvalue weighted by atomic mass is 9.71. The molecule has 1 saturated carbocycles. The average molecular weight is 436 g/mol. The van der Waals surface area contributed by atoms with Gasteiger partial charge < -0.3 is 10.4 Å². The number of carboxylic acids is 1. The first-order valence-electron chi connectivity index (χ1n) is 12.2. The summed E-state index contributed by atoms with van der Waals surface area (Å²) in [6.45, 7) is 13.3. The smallest absolute Gasteiger partial charge is 0.310 e. The van der Waals surface area contributed by atoms with Crippen LogP contribution in [-0.2, 0) is 4.79 Å². The Bertz CT molecular complexity index is 900. The summed E-state index contributed by atoms with van der Waals surface area (Å²) in [6, 6.07) is 15.3. The van der Waals surface area contributed by atoms with Crippen molar-refractivity contribution in [3.8, 4) is 11.1 Å². The summed E-state index contributed by atoms with van der Waals surface area (Å²) in [5, 5.41) is 13.7. The van der Waals surface area contributed by atoms with Crippen molar-refractivity contribution in [2.75, 3.05) is 5.32 Å². The Hall–Kier alpha value is -2.29. The first kappa shape index (κ1) is 24.4. The number of nitrogens with one attached hydrogen (secondary N) is 1. The first-order valence-corrected chi connectivity index (χ1v) is 12.2. The van der Waals surface area contributed by atoms with Gasteiger partial charge in [0, 0.05) is 11.7 Å². The van der Waals surface area contributed by atoms with Crippen molar-refractivity contribution in [1.82, 2.24) is 0 Å². The number of rotatable bonds is 7. The molecule has 174 valence electrons. The molecule has 0 heterocycles. The second-order valence-electron chi connectivity index (χ2n) is 11.3. The molecular weight excluding hydrogens is 394 g/mol. The van der Waals surface area contributed by atoms with E-state index in [2.05, 4.69) is 89.3 Å². The van der Waals surface area contributed by atoms with E-state index < -0.39 is 11.9 Å². The molecule has 3 rings (SSSR count). The van der Waals surface area contributed by atoms with Gasteiger partial charge >= 0.3 is 5.97 Å². The van der Waals surface area contributed by atoms with Crippen molar-refractivity contribution in [2.45, 2.75) is 85.6 Å². The highest BCUT2D eigenvalue weighted by molar-refractivity contribution is 5.79. The third-order valence-electron chi connectivity index (χ3n) is 7.07. The first-order chi connectivity index (χ1) is 15.0. The summed E-state index contributed by atoms with van der Waals surface area (Å²) in [7, 11) is 0. The number of aryl methyl sites for hydroxylation is 1. The molecule has 0 spiro atoms. The zero-order valence-electron chi connectivity index (χ0n) is 20.7. The third-order valence-corrected chi connectivity index (χ3v) is 7.07. The molecule has 2 N–H and O–H groups in total. The quantitative estimate of drug-likeness (QED) is 0.465. The van der Waals surface area contributed by atoms with Gasteiger partial charge in [-0.1, -0.05) is 70.5 Å². The maximum absolute atomic E-state index is 12.1. The molecule has 0 aliphatic heterocycles. The number of carboxylic acid groups (broad SMARTS) is 1. The van der Waals surface area contributed by atoms with Gasteiger partial charge in [0.1, 0.15) is 0 Å². The van der Waals surface area contributed by atoms with Crippen LogP contribution >= 0.6 is 0 Å². The Balaban J connectivity index is 1.90. The second-order valence-corrected chi connectivity index (χ2v) is 11.3. The molecule has 0 radical (unpaired) electrons. The summed E-state index contributed by atoms with van der Waals surface area (Å²) >= 11 is 0. The summed E-state index contributed by atoms with van der Waals surface area (Å²) < 4.78 is 0. The Morgan fingerprint density at radius 1 is 1.00 bits per heavy atom. The van der Waals surface area contributed by atoms with Crippen LogP contribution in [-0.4, -0.2) is 17.1 Å². The standard InChI is InChI=1S/C29H41NO2/c1-19(2)15-27(28(31)32)23-16-22(21-9-7-20(3)8-10-21)17-26(18-23)30-25-13-11-24(12-14-25)29(4,5)6/h7-10,16-19,24-25,27,30H,11-15H2,1-6H3,(H,31,32). The molecule has 2 aromatic rings. The van der Waals surface area contributed by atoms with E-state index in [0.717, 1.165) is 28.3 Å². The van der Waals surface area contributed by atoms with E-state index in [1.54, 1.807) is 0 Å². The van der Waals surface area contributed by atoms with Crippen molar-refractivity contribution in [3.63, 3.8) is 0 Å². The van der Waals surface area contributed by atoms with E-state index in [1.165, 1.54) is 31.2 Å². The van der Waals surface area contributed by atoms with Gasteiger partial charge in [-0.3, -0.25) is 4.79 Å². The molecule has 1 atom stereocenters. The molecule has 0 saturated heterocycles. The van der Waals surface area contributed by atoms with Gasteiger partial charge in [0.05, 0.1) is 5.92 Å². The molecule has 0 amide bonds. The predicted octanol–water partition coefficient (Wildman–Crippen LogP) is 7.89. The van der Waals surface area contributed by atoms with Gasteiger partial charge in [0.15, 0.2) is 0 Å². The molecule has 2 aromatic carbocycles. The average Bonchev–Trinajstić information content (AvgIpc) is 2.71. The van der Waals surface area contributed by atoms with Crippen molar-refractivity contribution in [3.05, 3.63) is 53.6 Å². The highest BCUT2D eigenvalue weighted by atomic mass is 16.4. The molecule has 0 bridgehead atoms. The number of benzene rings is 2. The van der Waals surface area contributed by atoms with Crippen molar-refractivity contribution < 1.29 is 9.90 Å². The molecule has 3 nitrogen and oxygen atoms in total. The van der Waals surface area contributed by atoms with Crippen molar-refractivity contribution in [2.24, 2.45) is 17.3 Å². The molecule has 1 unspecified atom stereocenters. The molecule has 1 fully saturated rings. The fourth-order valence-electron chi connectivity index (χ4n) is 5.04. The van der Waals surface area contributed by atoms with Gasteiger partial charge in [0.2, 0.25) is 0 Å². The lowest BCUT2D eigenvalue weighted by Gasteiger charge is -2.37. The molecular formula is C29H41NO2. The minimum Gasteiger partial charge on any atom is -0.481 e. The number of aliphatic carboxylic acids is 1. The summed E-state index contributed by atoms with van der Waals surface area (Å²) in [5.74, 6) is -0.130. The minimum atomic E-state index is -0.739. The lowest BCUT2D eigenvalue weighted by Crippen LogP contribution is -2.31. The van der Waals surface area contributed by atoms with Gasteiger partial charge in [-0.05, 0) is 85.1 Å². The Morgan fingerprint density at radius 3 is 2.16 bits per heavy atom. The highest BCUT2D eigenvalue weighted by Crippen LogP contribution is 2.39. The van der Waals surface area contributed by atoms with Gasteiger partial charge in [-0.2, -0.15) is 0 Å². The van der Waals surface area contributed by atoms with E-state index in [-0.39, 0.29) is 0 Å². The number of carbonyl (C=O) groups is 1. The fourth-order valence-corrected chi connectivity index (χ4v) is 5.04. The van der Waals surface area contributed by atoms with Gasteiger partial charge in [0.25, 0.3) is 0 Å². The third kappa shape index (κ3) is 6.37. The normalized spacial score (nSPS) is 20.2. The van der Waals surface area contributed by atoms with Crippen LogP contribution in [0.2, 0.25) is 0 Å². The van der Waals surface area contributed by atoms with Crippen LogP contribution in [0.5, 0.6) is 0 Å². The summed E-state index contributed by atoms with van der Waals surface area (Å²) in [5.41, 5.74) is 5.76. The van der Waals surface area contributed by atoms with E-state index in [4.69, 9.17) is 0 Å². The Labute approximate surface area is 194 Å². The van der Waals surface area contributed by atoms with Crippen LogP contribution in [0.15, 0.2) is 42.5 Å². The lowest BCUT2D eigenvalue weighted by molar-refractivity contribution is -0.139. The van der Waals surface area contributed by atoms with Crippen LogP contribution in [0.1, 0.15) is 83.8 Å². The Morgan fingerprint density at radius 2 is 1.62 bits per heavy atom. The summed E-state index contributed by atoms with van der Waals surface area (Å²) in [4.78, 5) is 12.1. The van der Waals surface area contributed by atoms with Crippen LogP contribution < -0.4 is 5.32 Å². The fraction of sp³-hybridized carbons (Fsp3) is 0.552. The van der Waals surface area contributed by atoms with Crippen molar-refractivity contribution in [1.29, 1.82) is 0 Å². The summed E-state index contributed by atoms with van der Waals surface area (Å²) in [6.07, 6.45) is 5.47. The minimum absolute atomic E-state index is 0.322. The molecule has 1 aliphatic carbocycles. The molecule has 3 heteroatoms. The van der Waals surface area contributed by atoms with E-state index >= 15 is 0 Å². The zero-order chi connectivity index (χ0) is 23.5. The molecule has 1 aliphatic rings. The van der Waals surface area contributed by atoms with Crippen LogP contribution in [0.25, 0.3) is 11.1 Å². The molecule has 32 heavy (non-hydrogen) atoms. The largest absolute Gasteiger partial charge is 0.481 e. The van der Waals surface area contributed by atoms with Crippen LogP contribution in [0, 0.1) is 24.2 Å². The SMILES string of the molecule is Cc1ccc(-c2cc(NC3CCC(C(C)(C)C)CC3)cc(C(CC(C)C)C(=O)O)c2)cc1. The van der Waals surface area contributed by atoms with Crippen LogP contribution in [0.4, 0.5) is 5.69 Å². The molecule has 0 aromatic heterocycles. The predicted molar refractivity (Wildman–Crippen MR) is 135 cm³/mol. The number of hydrogen-bond acceptors (Lipinski definition) is 2. The monoisotopic (exact) mass is 435 g/mol. The maximum atomic E-state index is 12.1. The van der Waals surface area contributed by atoms with E-state index in [0.29, 0.717) is 23.8 Å². The number of hydrogen-bond donors (Lipinski definition) is 2. The van der Waals surface area contributed by atoms with Gasteiger partial charge in [-0.15, -0.1) is 0 Å². The van der Waals surface area contributed by atoms with Crippen molar-refractivity contribution >= 4 is 11.7 Å². The van der Waals surface area contributed by atoms with Gasteiger partial charge in [-0.25, -0.2) is 0 Å². The number of anilines is 1. The highest BCUT2D eigenvalue weighted by Gasteiger charge is 2.30. The zero-order valence-corrected chi connectivity index (χ0v) is 20.7. The second kappa shape index (κ2) is 10.1. The maximum Gasteiger partial charge on any atom is 0.310 e.